The molecule has 0 aromatic carbocycles. The number of likely N-dealkylation sites (tertiary alicyclic amines) is 1. The number of amides is 1. The van der Waals surface area contributed by atoms with Crippen LogP contribution in [0.15, 0.2) is 4.99 Å². The van der Waals surface area contributed by atoms with Gasteiger partial charge in [0.2, 0.25) is 5.91 Å². The molecular formula is C16H30N4O3. The average molecular weight is 326 g/mol. The number of carbonyl (C=O) groups excluding carboxylic acids is 2. The van der Waals surface area contributed by atoms with Crippen molar-refractivity contribution in [1.29, 1.82) is 0 Å². The van der Waals surface area contributed by atoms with Crippen molar-refractivity contribution in [3.8, 4) is 0 Å². The number of ether oxygens (including phenoxy) is 1. The van der Waals surface area contributed by atoms with Gasteiger partial charge in [-0.25, -0.2) is 4.99 Å². The summed E-state index contributed by atoms with van der Waals surface area (Å²) in [6.07, 6.45) is 0. The van der Waals surface area contributed by atoms with Crippen molar-refractivity contribution in [2.75, 3.05) is 33.3 Å². The lowest BCUT2D eigenvalue weighted by Gasteiger charge is -2.22. The lowest BCUT2D eigenvalue weighted by Crippen LogP contribution is -2.44. The maximum atomic E-state index is 11.9. The molecule has 0 bridgehead atoms. The summed E-state index contributed by atoms with van der Waals surface area (Å²) in [5, 5.41) is 6.07. The van der Waals surface area contributed by atoms with Gasteiger partial charge in [-0.15, -0.1) is 0 Å². The van der Waals surface area contributed by atoms with E-state index in [1.165, 1.54) is 7.11 Å². The van der Waals surface area contributed by atoms with E-state index in [2.05, 4.69) is 15.6 Å². The highest BCUT2D eigenvalue weighted by molar-refractivity contribution is 5.86. The van der Waals surface area contributed by atoms with Crippen LogP contribution in [-0.2, 0) is 14.3 Å². The molecule has 132 valence electrons. The first kappa shape index (κ1) is 19.3. The predicted octanol–water partition coefficient (Wildman–Crippen LogP) is 0.608. The average Bonchev–Trinajstić information content (AvgIpc) is 2.82. The summed E-state index contributed by atoms with van der Waals surface area (Å²) in [5.41, 5.74) is -0.275. The van der Waals surface area contributed by atoms with E-state index in [4.69, 9.17) is 4.74 Å². The van der Waals surface area contributed by atoms with Gasteiger partial charge < -0.3 is 20.3 Å². The van der Waals surface area contributed by atoms with Gasteiger partial charge in [0, 0.05) is 25.2 Å². The Bertz CT molecular complexity index is 457. The standard InChI is InChI=1S/C16H30N4O3/c1-7-17-15(18-8-13(21)19-16(3,4)5)20-9-11(2)12(10-20)14(22)23-6/h11-12H,7-10H2,1-6H3,(H,17,18)(H,19,21). The van der Waals surface area contributed by atoms with Crippen LogP contribution < -0.4 is 10.6 Å². The lowest BCUT2D eigenvalue weighted by atomic mass is 9.99. The molecular weight excluding hydrogens is 296 g/mol. The molecule has 1 aliphatic rings. The molecule has 1 amide bonds. The largest absolute Gasteiger partial charge is 0.469 e. The minimum absolute atomic E-state index is 0.0629. The fourth-order valence-corrected chi connectivity index (χ4v) is 2.63. The van der Waals surface area contributed by atoms with Crippen molar-refractivity contribution in [2.45, 2.75) is 40.2 Å². The van der Waals surface area contributed by atoms with E-state index in [1.807, 2.05) is 39.5 Å². The van der Waals surface area contributed by atoms with Gasteiger partial charge in [0.25, 0.3) is 0 Å². The van der Waals surface area contributed by atoms with Gasteiger partial charge >= 0.3 is 5.97 Å². The van der Waals surface area contributed by atoms with E-state index in [0.29, 0.717) is 25.6 Å². The molecule has 1 heterocycles. The zero-order valence-corrected chi connectivity index (χ0v) is 15.1. The van der Waals surface area contributed by atoms with Crippen LogP contribution in [0, 0.1) is 11.8 Å². The van der Waals surface area contributed by atoms with E-state index in [1.54, 1.807) is 0 Å². The van der Waals surface area contributed by atoms with E-state index < -0.39 is 0 Å². The van der Waals surface area contributed by atoms with Crippen LogP contribution >= 0.6 is 0 Å². The Labute approximate surface area is 138 Å². The van der Waals surface area contributed by atoms with Gasteiger partial charge in [-0.05, 0) is 33.6 Å². The normalized spacial score (nSPS) is 22.0. The first-order chi connectivity index (χ1) is 10.7. The molecule has 0 aromatic rings. The second kappa shape index (κ2) is 8.17. The summed E-state index contributed by atoms with van der Waals surface area (Å²) < 4.78 is 4.86. The summed E-state index contributed by atoms with van der Waals surface area (Å²) in [7, 11) is 1.41. The first-order valence-corrected chi connectivity index (χ1v) is 8.10. The maximum absolute atomic E-state index is 11.9. The fourth-order valence-electron chi connectivity index (χ4n) is 2.63. The number of rotatable bonds is 4. The van der Waals surface area contributed by atoms with Crippen molar-refractivity contribution in [1.82, 2.24) is 15.5 Å². The molecule has 0 spiro atoms. The zero-order valence-electron chi connectivity index (χ0n) is 15.1. The Balaban J connectivity index is 2.73. The second-order valence-electron chi connectivity index (χ2n) is 6.98. The molecule has 1 aliphatic heterocycles. The highest BCUT2D eigenvalue weighted by Gasteiger charge is 2.36. The molecule has 0 saturated carbocycles. The number of carbonyl (C=O) groups is 2. The molecule has 23 heavy (non-hydrogen) atoms. The third-order valence-corrected chi connectivity index (χ3v) is 3.64. The van der Waals surface area contributed by atoms with Crippen molar-refractivity contribution in [2.24, 2.45) is 16.8 Å². The molecule has 1 saturated heterocycles. The molecule has 0 aliphatic carbocycles. The van der Waals surface area contributed by atoms with Crippen LogP contribution in [0.2, 0.25) is 0 Å². The molecule has 2 unspecified atom stereocenters. The smallest absolute Gasteiger partial charge is 0.310 e. The van der Waals surface area contributed by atoms with E-state index in [0.717, 1.165) is 0 Å². The number of nitrogens with one attached hydrogen (secondary N) is 2. The van der Waals surface area contributed by atoms with Gasteiger partial charge in [0.05, 0.1) is 13.0 Å². The van der Waals surface area contributed by atoms with Gasteiger partial charge in [-0.3, -0.25) is 9.59 Å². The summed E-state index contributed by atoms with van der Waals surface area (Å²) >= 11 is 0. The molecule has 7 heteroatoms. The van der Waals surface area contributed by atoms with Crippen LogP contribution in [0.1, 0.15) is 34.6 Å². The van der Waals surface area contributed by atoms with Crippen LogP contribution in [0.3, 0.4) is 0 Å². The highest BCUT2D eigenvalue weighted by Crippen LogP contribution is 2.24. The quantitative estimate of drug-likeness (QED) is 0.449. The molecule has 1 fully saturated rings. The Morgan fingerprint density at radius 3 is 2.48 bits per heavy atom. The van der Waals surface area contributed by atoms with Crippen LogP contribution in [-0.4, -0.2) is 61.6 Å². The third-order valence-electron chi connectivity index (χ3n) is 3.64. The lowest BCUT2D eigenvalue weighted by molar-refractivity contribution is -0.146. The van der Waals surface area contributed by atoms with Crippen molar-refractivity contribution in [3.63, 3.8) is 0 Å². The number of guanidine groups is 1. The maximum Gasteiger partial charge on any atom is 0.310 e. The summed E-state index contributed by atoms with van der Waals surface area (Å²) in [4.78, 5) is 30.1. The number of aliphatic imine (C=N–C) groups is 1. The fraction of sp³-hybridized carbons (Fsp3) is 0.812. The van der Waals surface area contributed by atoms with Crippen molar-refractivity contribution < 1.29 is 14.3 Å². The highest BCUT2D eigenvalue weighted by atomic mass is 16.5. The van der Waals surface area contributed by atoms with Crippen LogP contribution in [0.4, 0.5) is 0 Å². The number of hydrogen-bond acceptors (Lipinski definition) is 4. The van der Waals surface area contributed by atoms with Crippen LogP contribution in [0.5, 0.6) is 0 Å². The van der Waals surface area contributed by atoms with Gasteiger partial charge in [0.1, 0.15) is 6.54 Å². The molecule has 0 aromatic heterocycles. The van der Waals surface area contributed by atoms with Gasteiger partial charge in [0.15, 0.2) is 5.96 Å². The number of nitrogens with zero attached hydrogens (tertiary/aromatic N) is 2. The second-order valence-corrected chi connectivity index (χ2v) is 6.98. The van der Waals surface area contributed by atoms with E-state index in [9.17, 15) is 9.59 Å². The monoisotopic (exact) mass is 326 g/mol. The summed E-state index contributed by atoms with van der Waals surface area (Å²) in [6, 6.07) is 0. The van der Waals surface area contributed by atoms with E-state index in [-0.39, 0.29) is 35.8 Å². The Morgan fingerprint density at radius 1 is 1.30 bits per heavy atom. The Kier molecular flexibility index (Phi) is 6.84. The molecule has 0 radical (unpaired) electrons. The molecule has 2 atom stereocenters. The minimum Gasteiger partial charge on any atom is -0.469 e. The number of hydrogen-bond donors (Lipinski definition) is 2. The zero-order chi connectivity index (χ0) is 17.6. The van der Waals surface area contributed by atoms with E-state index >= 15 is 0 Å². The Morgan fingerprint density at radius 2 is 1.96 bits per heavy atom. The third kappa shape index (κ3) is 6.08. The molecule has 1 rings (SSSR count). The SMILES string of the molecule is CCNC(=NCC(=O)NC(C)(C)C)N1CC(C)C(C(=O)OC)C1. The number of esters is 1. The number of methoxy groups -OCH3 is 1. The first-order valence-electron chi connectivity index (χ1n) is 8.10. The minimum atomic E-state index is -0.275. The molecule has 2 N–H and O–H groups in total. The van der Waals surface area contributed by atoms with Crippen molar-refractivity contribution in [3.05, 3.63) is 0 Å². The Hall–Kier alpha value is -1.79. The summed E-state index contributed by atoms with van der Waals surface area (Å²) in [5.74, 6) is 0.378. The predicted molar refractivity (Wildman–Crippen MR) is 90.1 cm³/mol. The van der Waals surface area contributed by atoms with Gasteiger partial charge in [-0.2, -0.15) is 0 Å². The molecule has 7 nitrogen and oxygen atoms in total. The van der Waals surface area contributed by atoms with Crippen molar-refractivity contribution >= 4 is 17.8 Å². The van der Waals surface area contributed by atoms with Crippen LogP contribution in [0.25, 0.3) is 0 Å². The topological polar surface area (TPSA) is 83.0 Å². The summed E-state index contributed by atoms with van der Waals surface area (Å²) in [6.45, 7) is 11.8. The van der Waals surface area contributed by atoms with Gasteiger partial charge in [-0.1, -0.05) is 6.92 Å².